The standard InChI is InChI=1S/C25H54P/c1-5-8-11-14-17-20-23-26(4,24-21-18-15-12-9-6-2)25-22-19-16-13-10-7-3/h26H,4-25H2,1-3H3. The monoisotopic (exact) mass is 385 g/mol. The minimum atomic E-state index is -1.20. The van der Waals surface area contributed by atoms with Crippen LogP contribution in [0.25, 0.3) is 0 Å². The molecule has 1 radical (unpaired) electrons. The average Bonchev–Trinajstić information content (AvgIpc) is 2.64. The van der Waals surface area contributed by atoms with Gasteiger partial charge in [-0.3, -0.25) is 0 Å². The Kier molecular flexibility index (Phi) is 20.5. The predicted octanol–water partition coefficient (Wildman–Crippen LogP) is 9.61. The first-order chi connectivity index (χ1) is 12.7. The Hall–Kier alpha value is 0.430. The van der Waals surface area contributed by atoms with E-state index in [2.05, 4.69) is 20.8 Å². The van der Waals surface area contributed by atoms with Crippen LogP contribution in [0.3, 0.4) is 0 Å². The molecule has 0 rings (SSSR count). The quantitative estimate of drug-likeness (QED) is 0.136. The van der Waals surface area contributed by atoms with Gasteiger partial charge in [-0.25, -0.2) is 0 Å². The minimum absolute atomic E-state index is 1.20. The summed E-state index contributed by atoms with van der Waals surface area (Å²) in [4.78, 5) is 0. The van der Waals surface area contributed by atoms with Crippen molar-refractivity contribution in [1.29, 1.82) is 0 Å². The van der Waals surface area contributed by atoms with Gasteiger partial charge in [0.05, 0.1) is 0 Å². The van der Waals surface area contributed by atoms with Crippen molar-refractivity contribution in [3.63, 3.8) is 0 Å². The van der Waals surface area contributed by atoms with Gasteiger partial charge in [-0.05, 0) is 0 Å². The van der Waals surface area contributed by atoms with Crippen molar-refractivity contribution in [2.45, 2.75) is 136 Å². The third-order valence-electron chi connectivity index (χ3n) is 6.18. The van der Waals surface area contributed by atoms with Gasteiger partial charge in [-0.1, -0.05) is 0 Å². The molecule has 0 heterocycles. The van der Waals surface area contributed by atoms with Crippen molar-refractivity contribution in [2.75, 3.05) is 18.5 Å². The van der Waals surface area contributed by atoms with Crippen LogP contribution in [0.4, 0.5) is 0 Å². The predicted molar refractivity (Wildman–Crippen MR) is 128 cm³/mol. The van der Waals surface area contributed by atoms with E-state index in [1.54, 1.807) is 0 Å². The van der Waals surface area contributed by atoms with Gasteiger partial charge in [0.2, 0.25) is 0 Å². The molecule has 0 spiro atoms. The summed E-state index contributed by atoms with van der Waals surface area (Å²) in [5.74, 6) is 0. The summed E-state index contributed by atoms with van der Waals surface area (Å²) in [6.07, 6.45) is 30.5. The molecule has 0 aromatic heterocycles. The normalized spacial score (nSPS) is 12.6. The molecule has 0 saturated carbocycles. The molecule has 0 aromatic rings. The van der Waals surface area contributed by atoms with Gasteiger partial charge in [-0.2, -0.15) is 0 Å². The van der Waals surface area contributed by atoms with Crippen molar-refractivity contribution in [3.8, 4) is 0 Å². The summed E-state index contributed by atoms with van der Waals surface area (Å²) >= 11 is 0. The Balaban J connectivity index is 4.02. The van der Waals surface area contributed by atoms with Crippen LogP contribution in [-0.4, -0.2) is 18.5 Å². The van der Waals surface area contributed by atoms with Crippen LogP contribution >= 0.6 is 7.26 Å². The van der Waals surface area contributed by atoms with Crippen molar-refractivity contribution in [2.24, 2.45) is 0 Å². The maximum atomic E-state index is 4.91. The van der Waals surface area contributed by atoms with Crippen LogP contribution in [-0.2, 0) is 0 Å². The first-order valence-corrected chi connectivity index (χ1v) is 15.4. The van der Waals surface area contributed by atoms with Crippen LogP contribution in [0.1, 0.15) is 136 Å². The fourth-order valence-corrected chi connectivity index (χ4v) is 7.97. The molecular formula is C25H54P. The summed E-state index contributed by atoms with van der Waals surface area (Å²) in [6, 6.07) is 0. The number of hydrogen-bond donors (Lipinski definition) is 0. The van der Waals surface area contributed by atoms with Gasteiger partial charge >= 0.3 is 169 Å². The van der Waals surface area contributed by atoms with Crippen molar-refractivity contribution in [1.82, 2.24) is 0 Å². The van der Waals surface area contributed by atoms with E-state index in [9.17, 15) is 0 Å². The van der Waals surface area contributed by atoms with E-state index < -0.39 is 7.26 Å². The first-order valence-electron chi connectivity index (χ1n) is 12.5. The zero-order valence-corrected chi connectivity index (χ0v) is 20.1. The fraction of sp³-hybridized carbons (Fsp3) is 0.960. The summed E-state index contributed by atoms with van der Waals surface area (Å²) in [6.45, 7) is 11.9. The topological polar surface area (TPSA) is 0 Å². The van der Waals surface area contributed by atoms with Crippen LogP contribution in [0.2, 0.25) is 0 Å². The Morgan fingerprint density at radius 2 is 0.615 bits per heavy atom. The van der Waals surface area contributed by atoms with Crippen molar-refractivity contribution in [3.05, 3.63) is 6.66 Å². The Morgan fingerprint density at radius 1 is 0.385 bits per heavy atom. The third-order valence-corrected chi connectivity index (χ3v) is 10.4. The van der Waals surface area contributed by atoms with Crippen LogP contribution in [0, 0.1) is 6.66 Å². The molecule has 0 bridgehead atoms. The second-order valence-corrected chi connectivity index (χ2v) is 13.6. The molecule has 26 heavy (non-hydrogen) atoms. The van der Waals surface area contributed by atoms with E-state index in [-0.39, 0.29) is 0 Å². The van der Waals surface area contributed by atoms with Crippen molar-refractivity contribution < 1.29 is 0 Å². The molecule has 1 heteroatoms. The van der Waals surface area contributed by atoms with Gasteiger partial charge in [0.25, 0.3) is 0 Å². The Labute approximate surface area is 169 Å². The number of rotatable bonds is 21. The number of unbranched alkanes of at least 4 members (excludes halogenated alkanes) is 15. The molecule has 0 unspecified atom stereocenters. The van der Waals surface area contributed by atoms with Gasteiger partial charge in [-0.15, -0.1) is 0 Å². The van der Waals surface area contributed by atoms with E-state index in [4.69, 9.17) is 6.66 Å². The second kappa shape index (κ2) is 20.2. The molecule has 0 aromatic carbocycles. The van der Waals surface area contributed by atoms with E-state index in [0.29, 0.717) is 0 Å². The molecule has 159 valence electrons. The fourth-order valence-electron chi connectivity index (χ4n) is 4.22. The molecule has 0 aliphatic rings. The third kappa shape index (κ3) is 17.8. The van der Waals surface area contributed by atoms with Crippen LogP contribution in [0.15, 0.2) is 0 Å². The molecule has 0 amide bonds. The summed E-state index contributed by atoms with van der Waals surface area (Å²) in [5, 5.41) is 0. The Bertz CT molecular complexity index is 220. The summed E-state index contributed by atoms with van der Waals surface area (Å²) in [5.41, 5.74) is 0. The molecule has 0 nitrogen and oxygen atoms in total. The molecule has 0 fully saturated rings. The molecule has 0 atom stereocenters. The van der Waals surface area contributed by atoms with Gasteiger partial charge < -0.3 is 0 Å². The maximum absolute atomic E-state index is 4.91. The molecule has 0 aliphatic heterocycles. The van der Waals surface area contributed by atoms with E-state index in [1.165, 1.54) is 134 Å². The zero-order valence-electron chi connectivity index (χ0n) is 19.1. The second-order valence-electron chi connectivity index (χ2n) is 9.05. The first kappa shape index (κ1) is 26.4. The van der Waals surface area contributed by atoms with Gasteiger partial charge in [0, 0.05) is 0 Å². The molecule has 0 N–H and O–H groups in total. The molecule has 0 aliphatic carbocycles. The van der Waals surface area contributed by atoms with E-state index >= 15 is 0 Å². The SMILES string of the molecule is [CH2][PH](CCCCCCCC)(CCCCCCCC)CCCCCCCC. The van der Waals surface area contributed by atoms with Crippen molar-refractivity contribution >= 4 is 7.26 Å². The Morgan fingerprint density at radius 3 is 0.885 bits per heavy atom. The molecule has 0 saturated heterocycles. The van der Waals surface area contributed by atoms with Crippen LogP contribution < -0.4 is 0 Å². The summed E-state index contributed by atoms with van der Waals surface area (Å²) in [7, 11) is -1.20. The number of hydrogen-bond acceptors (Lipinski definition) is 0. The van der Waals surface area contributed by atoms with E-state index in [0.717, 1.165) is 0 Å². The van der Waals surface area contributed by atoms with E-state index in [1.807, 2.05) is 0 Å². The van der Waals surface area contributed by atoms with Gasteiger partial charge in [0.1, 0.15) is 0 Å². The van der Waals surface area contributed by atoms with Gasteiger partial charge in [0.15, 0.2) is 0 Å². The summed E-state index contributed by atoms with van der Waals surface area (Å²) < 4.78 is 0. The molecular weight excluding hydrogens is 331 g/mol. The zero-order chi connectivity index (χ0) is 19.3. The average molecular weight is 386 g/mol. The van der Waals surface area contributed by atoms with Crippen LogP contribution in [0.5, 0.6) is 0 Å².